The number of carbonyl (C=O) groups is 1. The molecule has 0 spiro atoms. The van der Waals surface area contributed by atoms with E-state index in [1.807, 2.05) is 6.92 Å². The van der Waals surface area contributed by atoms with E-state index in [0.717, 1.165) is 10.2 Å². The van der Waals surface area contributed by atoms with Crippen molar-refractivity contribution in [3.63, 3.8) is 0 Å². The average Bonchev–Trinajstić information content (AvgIpc) is 2.80. The molecular weight excluding hydrogens is 492 g/mol. The Labute approximate surface area is 201 Å². The molecule has 0 radical (unpaired) electrons. The van der Waals surface area contributed by atoms with Crippen LogP contribution in [0.15, 0.2) is 59.4 Å². The summed E-state index contributed by atoms with van der Waals surface area (Å²) in [5.74, 6) is -0.137. The van der Waals surface area contributed by atoms with Crippen LogP contribution in [0.1, 0.15) is 30.9 Å². The molecule has 0 atom stereocenters. The van der Waals surface area contributed by atoms with Gasteiger partial charge in [-0.15, -0.1) is 0 Å². The largest absolute Gasteiger partial charge is 0.494 e. The number of hydrogen-bond acceptors (Lipinski definition) is 4. The summed E-state index contributed by atoms with van der Waals surface area (Å²) in [4.78, 5) is 24.3. The Hall–Kier alpha value is -3.83. The molecule has 0 saturated heterocycles. The van der Waals surface area contributed by atoms with Crippen molar-refractivity contribution in [2.24, 2.45) is 0 Å². The van der Waals surface area contributed by atoms with Crippen molar-refractivity contribution >= 4 is 11.6 Å². The number of halogens is 6. The number of hydrogen-bond donors (Lipinski definition) is 1. The lowest BCUT2D eigenvalue weighted by molar-refractivity contribution is -0.143. The van der Waals surface area contributed by atoms with Gasteiger partial charge in [0.2, 0.25) is 5.91 Å². The number of aromatic nitrogens is 2. The fraction of sp³-hybridized carbons (Fsp3) is 0.292. The minimum atomic E-state index is -5.03. The number of benzene rings is 2. The Morgan fingerprint density at radius 1 is 0.944 bits per heavy atom. The maximum Gasteiger partial charge on any atom is 0.416 e. The normalized spacial score (nSPS) is 11.9. The Kier molecular flexibility index (Phi) is 8.06. The zero-order valence-corrected chi connectivity index (χ0v) is 18.9. The minimum Gasteiger partial charge on any atom is -0.494 e. The van der Waals surface area contributed by atoms with E-state index in [2.05, 4.69) is 10.4 Å². The van der Waals surface area contributed by atoms with Gasteiger partial charge in [-0.3, -0.25) is 9.59 Å². The third-order valence-electron chi connectivity index (χ3n) is 4.97. The highest BCUT2D eigenvalue weighted by molar-refractivity contribution is 5.90. The van der Waals surface area contributed by atoms with Gasteiger partial charge in [0.05, 0.1) is 23.4 Å². The van der Waals surface area contributed by atoms with Gasteiger partial charge in [-0.05, 0) is 61.9 Å². The first-order valence-electron chi connectivity index (χ1n) is 10.8. The number of ether oxygens (including phenoxy) is 1. The summed E-state index contributed by atoms with van der Waals surface area (Å²) in [5, 5.41) is 6.32. The molecule has 0 bridgehead atoms. The first-order chi connectivity index (χ1) is 16.9. The quantitative estimate of drug-likeness (QED) is 0.389. The predicted molar refractivity (Wildman–Crippen MR) is 119 cm³/mol. The summed E-state index contributed by atoms with van der Waals surface area (Å²) in [6.07, 6.45) is -10.3. The lowest BCUT2D eigenvalue weighted by Gasteiger charge is -2.15. The lowest BCUT2D eigenvalue weighted by atomic mass is 10.1. The number of carbonyl (C=O) groups excluding carboxylic acids is 1. The lowest BCUT2D eigenvalue weighted by Crippen LogP contribution is -2.23. The van der Waals surface area contributed by atoms with Gasteiger partial charge in [0.25, 0.3) is 5.56 Å². The number of nitrogens with zero attached hydrogens (tertiary/aromatic N) is 2. The molecule has 192 valence electrons. The summed E-state index contributed by atoms with van der Waals surface area (Å²) in [6.45, 7) is 2.37. The molecule has 36 heavy (non-hydrogen) atoms. The Morgan fingerprint density at radius 2 is 1.56 bits per heavy atom. The second-order valence-electron chi connectivity index (χ2n) is 7.68. The summed E-state index contributed by atoms with van der Waals surface area (Å²) >= 11 is 0. The molecule has 1 N–H and O–H groups in total. The zero-order valence-electron chi connectivity index (χ0n) is 18.9. The molecule has 1 amide bonds. The van der Waals surface area contributed by atoms with Crippen LogP contribution in [0.2, 0.25) is 0 Å². The molecule has 0 unspecified atom stereocenters. The van der Waals surface area contributed by atoms with Crippen LogP contribution in [0.3, 0.4) is 0 Å². The van der Waals surface area contributed by atoms with Gasteiger partial charge in [0.15, 0.2) is 0 Å². The molecule has 12 heteroatoms. The summed E-state index contributed by atoms with van der Waals surface area (Å²) in [7, 11) is 0. The second kappa shape index (κ2) is 10.8. The van der Waals surface area contributed by atoms with Crippen LogP contribution in [0, 0.1) is 0 Å². The molecular formula is C24H21F6N3O3. The summed E-state index contributed by atoms with van der Waals surface area (Å²) in [6, 6.07) is 10.7. The monoisotopic (exact) mass is 513 g/mol. The average molecular weight is 513 g/mol. The third kappa shape index (κ3) is 7.09. The Balaban J connectivity index is 1.66. The van der Waals surface area contributed by atoms with Crippen LogP contribution in [-0.4, -0.2) is 22.3 Å². The van der Waals surface area contributed by atoms with E-state index < -0.39 is 40.6 Å². The van der Waals surface area contributed by atoms with Crippen LogP contribution < -0.4 is 15.6 Å². The molecule has 6 nitrogen and oxygen atoms in total. The van der Waals surface area contributed by atoms with Crippen molar-refractivity contribution in [3.05, 3.63) is 76.1 Å². The molecule has 2 aromatic carbocycles. The third-order valence-corrected chi connectivity index (χ3v) is 4.97. The highest BCUT2D eigenvalue weighted by atomic mass is 19.4. The first-order valence-corrected chi connectivity index (χ1v) is 10.8. The SMILES string of the molecule is CCOc1ccc(-c2ccc(=O)n(CCCC(=O)Nc3cc(C(F)(F)F)cc(C(F)(F)F)c3)n2)cc1. The van der Waals surface area contributed by atoms with E-state index in [0.29, 0.717) is 30.2 Å². The van der Waals surface area contributed by atoms with Crippen LogP contribution in [0.25, 0.3) is 11.3 Å². The number of anilines is 1. The Bertz CT molecular complexity index is 1240. The van der Waals surface area contributed by atoms with Crippen molar-refractivity contribution in [3.8, 4) is 17.0 Å². The van der Waals surface area contributed by atoms with E-state index in [-0.39, 0.29) is 25.5 Å². The van der Waals surface area contributed by atoms with Crippen molar-refractivity contribution in [2.45, 2.75) is 38.7 Å². The van der Waals surface area contributed by atoms with E-state index in [9.17, 15) is 35.9 Å². The molecule has 1 aromatic heterocycles. The van der Waals surface area contributed by atoms with Gasteiger partial charge in [-0.1, -0.05) is 0 Å². The molecule has 1 heterocycles. The molecule has 0 fully saturated rings. The molecule has 3 rings (SSSR count). The van der Waals surface area contributed by atoms with E-state index >= 15 is 0 Å². The molecule has 0 aliphatic heterocycles. The maximum absolute atomic E-state index is 13.0. The molecule has 3 aromatic rings. The van der Waals surface area contributed by atoms with Crippen molar-refractivity contribution in [1.29, 1.82) is 0 Å². The molecule has 0 saturated carbocycles. The number of alkyl halides is 6. The number of rotatable bonds is 8. The topological polar surface area (TPSA) is 73.2 Å². The van der Waals surface area contributed by atoms with Gasteiger partial charge >= 0.3 is 12.4 Å². The zero-order chi connectivity index (χ0) is 26.5. The molecule has 0 aliphatic rings. The van der Waals surface area contributed by atoms with Crippen LogP contribution >= 0.6 is 0 Å². The summed E-state index contributed by atoms with van der Waals surface area (Å²) in [5.41, 5.74) is -2.92. The van der Waals surface area contributed by atoms with E-state index in [1.165, 1.54) is 12.1 Å². The minimum absolute atomic E-state index is 0.00745. The second-order valence-corrected chi connectivity index (χ2v) is 7.68. The smallest absolute Gasteiger partial charge is 0.416 e. The van der Waals surface area contributed by atoms with Crippen molar-refractivity contribution in [2.75, 3.05) is 11.9 Å². The van der Waals surface area contributed by atoms with Crippen LogP contribution in [0.5, 0.6) is 5.75 Å². The van der Waals surface area contributed by atoms with E-state index in [1.54, 1.807) is 24.3 Å². The van der Waals surface area contributed by atoms with Crippen molar-refractivity contribution < 1.29 is 35.9 Å². The van der Waals surface area contributed by atoms with E-state index in [4.69, 9.17) is 4.74 Å². The van der Waals surface area contributed by atoms with Crippen LogP contribution in [-0.2, 0) is 23.7 Å². The standard InChI is InChI=1S/C24H21F6N3O3/c1-2-36-19-7-5-15(6-8-19)20-9-10-22(35)33(32-20)11-3-4-21(34)31-18-13-16(23(25,26)27)12-17(14-18)24(28,29)30/h5-10,12-14H,2-4,11H2,1H3,(H,31,34). The number of aryl methyl sites for hydroxylation is 1. The molecule has 0 aliphatic carbocycles. The fourth-order valence-corrected chi connectivity index (χ4v) is 3.29. The van der Waals surface area contributed by atoms with Crippen LogP contribution in [0.4, 0.5) is 32.0 Å². The van der Waals surface area contributed by atoms with Gasteiger partial charge in [-0.25, -0.2) is 4.68 Å². The number of nitrogens with one attached hydrogen (secondary N) is 1. The van der Waals surface area contributed by atoms with Gasteiger partial charge in [0, 0.05) is 30.3 Å². The van der Waals surface area contributed by atoms with Gasteiger partial charge in [-0.2, -0.15) is 31.4 Å². The predicted octanol–water partition coefficient (Wildman–Crippen LogP) is 5.77. The number of amides is 1. The van der Waals surface area contributed by atoms with Gasteiger partial charge in [0.1, 0.15) is 5.75 Å². The van der Waals surface area contributed by atoms with Crippen molar-refractivity contribution in [1.82, 2.24) is 9.78 Å². The fourth-order valence-electron chi connectivity index (χ4n) is 3.29. The first kappa shape index (κ1) is 26.8. The van der Waals surface area contributed by atoms with Gasteiger partial charge < -0.3 is 10.1 Å². The highest BCUT2D eigenvalue weighted by Crippen LogP contribution is 2.37. The maximum atomic E-state index is 13.0. The highest BCUT2D eigenvalue weighted by Gasteiger charge is 2.37. The summed E-state index contributed by atoms with van der Waals surface area (Å²) < 4.78 is 84.4. The Morgan fingerprint density at radius 3 is 2.11 bits per heavy atom.